The summed E-state index contributed by atoms with van der Waals surface area (Å²) < 4.78 is 35.9. The predicted octanol–water partition coefficient (Wildman–Crippen LogP) is 7.67. The number of hydrogen-bond donors (Lipinski definition) is 0. The van der Waals surface area contributed by atoms with E-state index in [1.54, 1.807) is 0 Å². The maximum absolute atomic E-state index is 12.4. The number of benzene rings is 3. The van der Waals surface area contributed by atoms with Gasteiger partial charge < -0.3 is 28.4 Å². The Labute approximate surface area is 267 Å². The molecule has 0 N–H and O–H groups in total. The molecule has 0 aliphatic carbocycles. The quantitative estimate of drug-likeness (QED) is 0.0722. The Morgan fingerprint density at radius 1 is 0.667 bits per heavy atom. The van der Waals surface area contributed by atoms with Crippen molar-refractivity contribution in [1.82, 2.24) is 0 Å². The molecule has 2 unspecified atom stereocenters. The van der Waals surface area contributed by atoms with E-state index >= 15 is 0 Å². The van der Waals surface area contributed by atoms with Crippen molar-refractivity contribution in [3.8, 4) is 11.5 Å². The first-order valence-corrected chi connectivity index (χ1v) is 15.7. The van der Waals surface area contributed by atoms with Crippen LogP contribution < -0.4 is 9.47 Å². The minimum atomic E-state index is -0.601. The Bertz CT molecular complexity index is 1460. The lowest BCUT2D eigenvalue weighted by Crippen LogP contribution is -2.30. The molecule has 0 aliphatic rings. The van der Waals surface area contributed by atoms with Gasteiger partial charge in [-0.2, -0.15) is 0 Å². The molecule has 0 spiro atoms. The summed E-state index contributed by atoms with van der Waals surface area (Å²) in [6, 6.07) is 13.9. The van der Waals surface area contributed by atoms with Crippen LogP contribution in [0.1, 0.15) is 58.9 Å². The van der Waals surface area contributed by atoms with Gasteiger partial charge in [-0.1, -0.05) is 80.1 Å². The molecule has 244 valence electrons. The normalized spacial score (nSPS) is 12.5. The van der Waals surface area contributed by atoms with Crippen LogP contribution in [0.25, 0.3) is 21.5 Å². The first-order chi connectivity index (χ1) is 21.6. The van der Waals surface area contributed by atoms with Crippen molar-refractivity contribution >= 4 is 33.5 Å². The Morgan fingerprint density at radius 3 is 1.56 bits per heavy atom. The molecule has 2 atom stereocenters. The van der Waals surface area contributed by atoms with Gasteiger partial charge >= 0.3 is 11.9 Å². The molecule has 0 aromatic heterocycles. The number of rotatable bonds is 20. The van der Waals surface area contributed by atoms with Crippen LogP contribution >= 0.6 is 0 Å². The van der Waals surface area contributed by atoms with Crippen molar-refractivity contribution < 1.29 is 38.0 Å². The van der Waals surface area contributed by atoms with Crippen molar-refractivity contribution in [1.29, 1.82) is 0 Å². The number of ether oxygens (including phenoxy) is 6. The lowest BCUT2D eigenvalue weighted by Gasteiger charge is -2.23. The number of carbonyl (C=O) groups excluding carboxylic acids is 2. The highest BCUT2D eigenvalue weighted by Gasteiger charge is 2.22. The molecule has 0 saturated heterocycles. The molecule has 0 saturated carbocycles. The maximum Gasteiger partial charge on any atom is 0.306 e. The fourth-order valence-corrected chi connectivity index (χ4v) is 4.74. The van der Waals surface area contributed by atoms with E-state index in [1.807, 2.05) is 77.1 Å². The Kier molecular flexibility index (Phi) is 14.4. The summed E-state index contributed by atoms with van der Waals surface area (Å²) in [4.78, 5) is 24.8. The van der Waals surface area contributed by atoms with Gasteiger partial charge in [-0.15, -0.1) is 0 Å². The van der Waals surface area contributed by atoms with Gasteiger partial charge in [0, 0.05) is 34.4 Å². The first-order valence-electron chi connectivity index (χ1n) is 15.7. The van der Waals surface area contributed by atoms with E-state index in [0.717, 1.165) is 38.3 Å². The second kappa shape index (κ2) is 18.2. The van der Waals surface area contributed by atoms with E-state index in [9.17, 15) is 9.59 Å². The molecular formula is C37H48O8. The molecule has 0 aliphatic heterocycles. The molecule has 3 aromatic carbocycles. The predicted molar refractivity (Wildman–Crippen MR) is 178 cm³/mol. The van der Waals surface area contributed by atoms with Crippen molar-refractivity contribution in [2.24, 2.45) is 0 Å². The summed E-state index contributed by atoms with van der Waals surface area (Å²) in [5, 5.41) is 3.37. The largest absolute Gasteiger partial charge is 0.488 e. The summed E-state index contributed by atoms with van der Waals surface area (Å²) in [7, 11) is 0. The average Bonchev–Trinajstić information content (AvgIpc) is 2.98. The van der Waals surface area contributed by atoms with Gasteiger partial charge in [0.1, 0.15) is 24.7 Å². The van der Waals surface area contributed by atoms with Gasteiger partial charge in [0.05, 0.1) is 26.4 Å². The van der Waals surface area contributed by atoms with Crippen molar-refractivity contribution in [2.45, 2.75) is 72.5 Å². The maximum atomic E-state index is 12.4. The smallest absolute Gasteiger partial charge is 0.306 e. The van der Waals surface area contributed by atoms with Gasteiger partial charge in [0.15, 0.2) is 12.2 Å². The third-order valence-corrected chi connectivity index (χ3v) is 6.72. The van der Waals surface area contributed by atoms with Crippen LogP contribution in [-0.4, -0.2) is 63.8 Å². The van der Waals surface area contributed by atoms with E-state index < -0.39 is 12.2 Å². The molecule has 8 nitrogen and oxygen atoms in total. The summed E-state index contributed by atoms with van der Waals surface area (Å²) in [6.45, 7) is 18.7. The second-order valence-electron chi connectivity index (χ2n) is 11.5. The van der Waals surface area contributed by atoms with Crippen LogP contribution in [0.5, 0.6) is 11.5 Å². The third-order valence-electron chi connectivity index (χ3n) is 6.72. The van der Waals surface area contributed by atoms with Gasteiger partial charge in [0.25, 0.3) is 0 Å². The zero-order valence-electron chi connectivity index (χ0n) is 27.4. The zero-order chi connectivity index (χ0) is 32.8. The van der Waals surface area contributed by atoms with Crippen molar-refractivity contribution in [2.75, 3.05) is 39.6 Å². The van der Waals surface area contributed by atoms with E-state index in [2.05, 4.69) is 13.2 Å². The molecule has 0 amide bonds. The lowest BCUT2D eigenvalue weighted by atomic mass is 9.99. The lowest BCUT2D eigenvalue weighted by molar-refractivity contribution is -0.154. The molecule has 8 heteroatoms. The Balaban J connectivity index is 1.96. The molecule has 45 heavy (non-hydrogen) atoms. The van der Waals surface area contributed by atoms with Crippen LogP contribution in [0, 0.1) is 6.92 Å². The number of esters is 2. The zero-order valence-corrected chi connectivity index (χ0v) is 27.4. The topological polar surface area (TPSA) is 89.5 Å². The van der Waals surface area contributed by atoms with E-state index in [-0.39, 0.29) is 38.4 Å². The highest BCUT2D eigenvalue weighted by atomic mass is 16.6. The van der Waals surface area contributed by atoms with Crippen LogP contribution in [0.15, 0.2) is 66.8 Å². The minimum Gasteiger partial charge on any atom is -0.488 e. The average molecular weight is 621 g/mol. The Hall–Kier alpha value is -3.88. The van der Waals surface area contributed by atoms with Crippen LogP contribution in [0.4, 0.5) is 0 Å². The Morgan fingerprint density at radius 2 is 1.11 bits per heavy atom. The van der Waals surface area contributed by atoms with Crippen molar-refractivity contribution in [3.63, 3.8) is 0 Å². The molecule has 0 heterocycles. The number of aryl methyl sites for hydroxylation is 1. The van der Waals surface area contributed by atoms with E-state index in [1.165, 1.54) is 0 Å². The van der Waals surface area contributed by atoms with Gasteiger partial charge in [-0.3, -0.25) is 9.59 Å². The standard InChI is InChI=1S/C37H48O8/c1-8-12-34(38)44-28(21-40-19-25(3)4)23-42-36-30-14-10-11-15-31(30)37(33-18-27(7)16-17-32(33)36)43-24-29(22-41-20-26(5)6)45-35(39)13-9-2/h10-11,14-18,28-29H,3,5,8-9,12-13,19-24H2,1-2,4,6-7H3. The number of carbonyl (C=O) groups is 2. The number of hydrogen-bond acceptors (Lipinski definition) is 8. The molecule has 3 aromatic rings. The van der Waals surface area contributed by atoms with Crippen molar-refractivity contribution in [3.05, 3.63) is 72.3 Å². The molecule has 3 rings (SSSR count). The minimum absolute atomic E-state index is 0.105. The molecule has 0 fully saturated rings. The SMILES string of the molecule is C=C(C)COCC(COc1c2ccccc2c(OCC(COCC(=C)C)OC(=O)CCC)c2cc(C)ccc12)OC(=O)CCC. The second-order valence-corrected chi connectivity index (χ2v) is 11.5. The van der Waals surface area contributed by atoms with Crippen LogP contribution in [-0.2, 0) is 28.5 Å². The van der Waals surface area contributed by atoms with Crippen LogP contribution in [0.3, 0.4) is 0 Å². The summed E-state index contributed by atoms with van der Waals surface area (Å²) in [5.41, 5.74) is 2.80. The highest BCUT2D eigenvalue weighted by Crippen LogP contribution is 2.43. The third kappa shape index (κ3) is 11.2. The fraction of sp³-hybridized carbons (Fsp3) is 0.459. The van der Waals surface area contributed by atoms with E-state index in [4.69, 9.17) is 28.4 Å². The van der Waals surface area contributed by atoms with Crippen LogP contribution in [0.2, 0.25) is 0 Å². The molecule has 0 bridgehead atoms. The number of fused-ring (bicyclic) bond motifs is 2. The van der Waals surface area contributed by atoms with Gasteiger partial charge in [-0.05, 0) is 39.7 Å². The molecular weight excluding hydrogens is 572 g/mol. The van der Waals surface area contributed by atoms with E-state index in [0.29, 0.717) is 50.4 Å². The highest BCUT2D eigenvalue weighted by molar-refractivity contribution is 6.11. The molecule has 0 radical (unpaired) electrons. The summed E-state index contributed by atoms with van der Waals surface area (Å²) in [6.07, 6.45) is 0.816. The fourth-order valence-electron chi connectivity index (χ4n) is 4.74. The summed E-state index contributed by atoms with van der Waals surface area (Å²) >= 11 is 0. The summed E-state index contributed by atoms with van der Waals surface area (Å²) in [5.74, 6) is 0.727. The first kappa shape index (κ1) is 35.6. The van der Waals surface area contributed by atoms with Gasteiger partial charge in [-0.25, -0.2) is 0 Å². The van der Waals surface area contributed by atoms with Gasteiger partial charge in [0.2, 0.25) is 0 Å². The monoisotopic (exact) mass is 620 g/mol.